The van der Waals surface area contributed by atoms with Gasteiger partial charge in [-0.05, 0) is 31.5 Å². The summed E-state index contributed by atoms with van der Waals surface area (Å²) in [4.78, 5) is 7.76. The van der Waals surface area contributed by atoms with E-state index in [9.17, 15) is 0 Å². The standard InChI is InChI=1S/C16H22N2OS/c19-11-2-1-5-15-6-7-16(20-15)13-17-9-10-18-8-3-4-14(18)12-17/h6-7,14,19H,2-4,8-13H2. The maximum Gasteiger partial charge on any atom is 0.0771 e. The Hall–Kier alpha value is -0.860. The van der Waals surface area contributed by atoms with Gasteiger partial charge in [-0.25, -0.2) is 0 Å². The van der Waals surface area contributed by atoms with Crippen molar-refractivity contribution in [2.45, 2.75) is 31.8 Å². The molecule has 1 atom stereocenters. The molecule has 0 amide bonds. The van der Waals surface area contributed by atoms with Crippen molar-refractivity contribution in [1.29, 1.82) is 0 Å². The van der Waals surface area contributed by atoms with Crippen LogP contribution in [0, 0.1) is 11.8 Å². The summed E-state index contributed by atoms with van der Waals surface area (Å²) < 4.78 is 0. The number of hydrogen-bond acceptors (Lipinski definition) is 4. The van der Waals surface area contributed by atoms with Crippen molar-refractivity contribution in [3.63, 3.8) is 0 Å². The Morgan fingerprint density at radius 1 is 1.30 bits per heavy atom. The number of hydrogen-bond donors (Lipinski definition) is 1. The molecule has 0 aliphatic carbocycles. The van der Waals surface area contributed by atoms with E-state index in [2.05, 4.69) is 33.8 Å². The molecule has 0 spiro atoms. The van der Waals surface area contributed by atoms with Crippen molar-refractivity contribution >= 4 is 11.3 Å². The van der Waals surface area contributed by atoms with Crippen molar-refractivity contribution < 1.29 is 5.11 Å². The second-order valence-corrected chi connectivity index (χ2v) is 6.78. The minimum atomic E-state index is 0.150. The van der Waals surface area contributed by atoms with E-state index in [-0.39, 0.29) is 6.61 Å². The molecule has 2 aliphatic heterocycles. The van der Waals surface area contributed by atoms with Crippen LogP contribution in [0.3, 0.4) is 0 Å². The highest BCUT2D eigenvalue weighted by molar-refractivity contribution is 7.12. The molecular formula is C16H22N2OS. The molecule has 20 heavy (non-hydrogen) atoms. The second-order valence-electron chi connectivity index (χ2n) is 5.61. The maximum atomic E-state index is 8.73. The first kappa shape index (κ1) is 14.1. The Morgan fingerprint density at radius 2 is 2.25 bits per heavy atom. The van der Waals surface area contributed by atoms with Gasteiger partial charge in [-0.3, -0.25) is 9.80 Å². The van der Waals surface area contributed by atoms with Crippen LogP contribution in [0.1, 0.15) is 29.0 Å². The lowest BCUT2D eigenvalue weighted by Crippen LogP contribution is -2.49. The lowest BCUT2D eigenvalue weighted by molar-refractivity contribution is 0.100. The summed E-state index contributed by atoms with van der Waals surface area (Å²) in [6, 6.07) is 5.11. The summed E-state index contributed by atoms with van der Waals surface area (Å²) in [6.45, 7) is 6.18. The summed E-state index contributed by atoms with van der Waals surface area (Å²) in [5.41, 5.74) is 0. The van der Waals surface area contributed by atoms with Crippen LogP contribution in [-0.4, -0.2) is 53.7 Å². The molecule has 4 heteroatoms. The predicted molar refractivity (Wildman–Crippen MR) is 82.8 cm³/mol. The molecule has 3 heterocycles. The van der Waals surface area contributed by atoms with Gasteiger partial charge in [0, 0.05) is 43.5 Å². The van der Waals surface area contributed by atoms with Gasteiger partial charge in [0.15, 0.2) is 0 Å². The van der Waals surface area contributed by atoms with Crippen LogP contribution >= 0.6 is 11.3 Å². The molecule has 2 fully saturated rings. The lowest BCUT2D eigenvalue weighted by Gasteiger charge is -2.37. The predicted octanol–water partition coefficient (Wildman–Crippen LogP) is 1.76. The van der Waals surface area contributed by atoms with Crippen LogP contribution in [-0.2, 0) is 6.54 Å². The lowest BCUT2D eigenvalue weighted by atomic mass is 10.1. The summed E-state index contributed by atoms with van der Waals surface area (Å²) in [5, 5.41) is 8.73. The first-order valence-corrected chi connectivity index (χ1v) is 8.31. The third-order valence-electron chi connectivity index (χ3n) is 4.16. The quantitative estimate of drug-likeness (QED) is 0.860. The first-order chi connectivity index (χ1) is 9.85. The summed E-state index contributed by atoms with van der Waals surface area (Å²) >= 11 is 1.79. The Balaban J connectivity index is 1.54. The molecule has 1 aromatic rings. The normalized spacial score (nSPS) is 23.4. The van der Waals surface area contributed by atoms with Crippen LogP contribution in [0.5, 0.6) is 0 Å². The number of aliphatic hydroxyl groups excluding tert-OH is 1. The topological polar surface area (TPSA) is 26.7 Å². The van der Waals surface area contributed by atoms with Gasteiger partial charge in [0.2, 0.25) is 0 Å². The van der Waals surface area contributed by atoms with E-state index >= 15 is 0 Å². The third-order valence-corrected chi connectivity index (χ3v) is 5.15. The number of thiophene rings is 1. The van der Waals surface area contributed by atoms with Gasteiger partial charge >= 0.3 is 0 Å². The van der Waals surface area contributed by atoms with E-state index in [4.69, 9.17) is 5.11 Å². The van der Waals surface area contributed by atoms with Crippen LogP contribution < -0.4 is 0 Å². The number of rotatable bonds is 3. The molecule has 0 radical (unpaired) electrons. The SMILES string of the molecule is OCCC#Cc1ccc(CN2CCN3CCCC3C2)s1. The molecule has 3 nitrogen and oxygen atoms in total. The number of nitrogens with zero attached hydrogens (tertiary/aromatic N) is 2. The molecule has 3 rings (SSSR count). The van der Waals surface area contributed by atoms with Gasteiger partial charge in [-0.15, -0.1) is 11.3 Å². The Kier molecular flexibility index (Phi) is 4.74. The van der Waals surface area contributed by atoms with Gasteiger partial charge < -0.3 is 5.11 Å². The summed E-state index contributed by atoms with van der Waals surface area (Å²) in [5.74, 6) is 6.11. The zero-order valence-electron chi connectivity index (χ0n) is 11.8. The third kappa shape index (κ3) is 3.42. The number of aliphatic hydroxyl groups is 1. The molecule has 0 bridgehead atoms. The van der Waals surface area contributed by atoms with Gasteiger partial charge in [0.05, 0.1) is 11.5 Å². The van der Waals surface area contributed by atoms with E-state index in [1.54, 1.807) is 11.3 Å². The summed E-state index contributed by atoms with van der Waals surface area (Å²) in [7, 11) is 0. The highest BCUT2D eigenvalue weighted by atomic mass is 32.1. The van der Waals surface area contributed by atoms with E-state index in [1.165, 1.54) is 43.9 Å². The van der Waals surface area contributed by atoms with Crippen LogP contribution in [0.25, 0.3) is 0 Å². The zero-order chi connectivity index (χ0) is 13.8. The van der Waals surface area contributed by atoms with Crippen molar-refractivity contribution in [2.24, 2.45) is 0 Å². The molecule has 2 aliphatic rings. The van der Waals surface area contributed by atoms with Gasteiger partial charge in [0.1, 0.15) is 0 Å². The average molecular weight is 290 g/mol. The van der Waals surface area contributed by atoms with Gasteiger partial charge in [-0.2, -0.15) is 0 Å². The monoisotopic (exact) mass is 290 g/mol. The van der Waals surface area contributed by atoms with E-state index < -0.39 is 0 Å². The Bertz CT molecular complexity index is 502. The maximum absolute atomic E-state index is 8.73. The smallest absolute Gasteiger partial charge is 0.0771 e. The van der Waals surface area contributed by atoms with E-state index in [0.29, 0.717) is 6.42 Å². The molecule has 1 aromatic heterocycles. The Labute approximate surface area is 125 Å². The Morgan fingerprint density at radius 3 is 3.15 bits per heavy atom. The summed E-state index contributed by atoms with van der Waals surface area (Å²) in [6.07, 6.45) is 3.32. The highest BCUT2D eigenvalue weighted by Crippen LogP contribution is 2.24. The van der Waals surface area contributed by atoms with Crippen LogP contribution in [0.15, 0.2) is 12.1 Å². The zero-order valence-corrected chi connectivity index (χ0v) is 12.7. The van der Waals surface area contributed by atoms with E-state index in [0.717, 1.165) is 17.5 Å². The minimum Gasteiger partial charge on any atom is -0.395 e. The van der Waals surface area contributed by atoms with Crippen molar-refractivity contribution in [2.75, 3.05) is 32.8 Å². The highest BCUT2D eigenvalue weighted by Gasteiger charge is 2.30. The van der Waals surface area contributed by atoms with Crippen LogP contribution in [0.2, 0.25) is 0 Å². The molecule has 0 aromatic carbocycles. The van der Waals surface area contributed by atoms with Crippen molar-refractivity contribution in [1.82, 2.24) is 9.80 Å². The number of piperazine rings is 1. The fourth-order valence-corrected chi connectivity index (χ4v) is 4.08. The fourth-order valence-electron chi connectivity index (χ4n) is 3.16. The second kappa shape index (κ2) is 6.73. The van der Waals surface area contributed by atoms with Crippen LogP contribution in [0.4, 0.5) is 0 Å². The van der Waals surface area contributed by atoms with Crippen molar-refractivity contribution in [3.8, 4) is 11.8 Å². The molecule has 108 valence electrons. The van der Waals surface area contributed by atoms with E-state index in [1.807, 2.05) is 0 Å². The molecule has 2 saturated heterocycles. The largest absolute Gasteiger partial charge is 0.395 e. The number of fused-ring (bicyclic) bond motifs is 1. The molecule has 0 saturated carbocycles. The first-order valence-electron chi connectivity index (χ1n) is 7.50. The van der Waals surface area contributed by atoms with Gasteiger partial charge in [0.25, 0.3) is 0 Å². The average Bonchev–Trinajstić information content (AvgIpc) is 3.08. The molecule has 1 N–H and O–H groups in total. The van der Waals surface area contributed by atoms with Crippen molar-refractivity contribution in [3.05, 3.63) is 21.9 Å². The van der Waals surface area contributed by atoms with Gasteiger partial charge in [-0.1, -0.05) is 11.8 Å². The molecular weight excluding hydrogens is 268 g/mol. The minimum absolute atomic E-state index is 0.150. The fraction of sp³-hybridized carbons (Fsp3) is 0.625. The molecule has 1 unspecified atom stereocenters.